The molecule has 1 atom stereocenters. The van der Waals surface area contributed by atoms with E-state index in [1.165, 1.54) is 12.1 Å². The first-order valence-electron chi connectivity index (χ1n) is 6.82. The van der Waals surface area contributed by atoms with Crippen molar-refractivity contribution in [2.75, 3.05) is 4.90 Å². The van der Waals surface area contributed by atoms with Crippen LogP contribution in [0.2, 0.25) is 0 Å². The molecule has 0 bridgehead atoms. The summed E-state index contributed by atoms with van der Waals surface area (Å²) in [7, 11) is -3.91. The quantitative estimate of drug-likeness (QED) is 0.751. The molecule has 23 heavy (non-hydrogen) atoms. The zero-order valence-electron chi connectivity index (χ0n) is 11.8. The highest BCUT2D eigenvalue weighted by Gasteiger charge is 2.47. The third kappa shape index (κ3) is 2.82. The summed E-state index contributed by atoms with van der Waals surface area (Å²) in [6.45, 7) is 0. The predicted molar refractivity (Wildman–Crippen MR) is 88.7 cm³/mol. The summed E-state index contributed by atoms with van der Waals surface area (Å²) >= 11 is 3.23. The molecule has 1 fully saturated rings. The Hall–Kier alpha value is -1.99. The minimum absolute atomic E-state index is 0.0294. The van der Waals surface area contributed by atoms with Crippen LogP contribution in [0.5, 0.6) is 0 Å². The second-order valence-electron chi connectivity index (χ2n) is 5.09. The lowest BCUT2D eigenvalue weighted by Crippen LogP contribution is -2.35. The third-order valence-electron chi connectivity index (χ3n) is 3.64. The number of imide groups is 1. The summed E-state index contributed by atoms with van der Waals surface area (Å²) in [6, 6.07) is 14.3. The van der Waals surface area contributed by atoms with E-state index in [0.717, 1.165) is 9.37 Å². The molecule has 118 valence electrons. The first-order valence-corrected chi connectivity index (χ1v) is 9.16. The van der Waals surface area contributed by atoms with E-state index in [2.05, 4.69) is 15.9 Å². The van der Waals surface area contributed by atoms with Gasteiger partial charge in [0.25, 0.3) is 5.91 Å². The Bertz CT molecular complexity index is 863. The van der Waals surface area contributed by atoms with Gasteiger partial charge >= 0.3 is 0 Å². The Balaban J connectivity index is 1.97. The number of carbonyl (C=O) groups excluding carboxylic acids is 2. The van der Waals surface area contributed by atoms with Gasteiger partial charge in [0.2, 0.25) is 5.91 Å². The average Bonchev–Trinajstić information content (AvgIpc) is 2.84. The molecule has 0 radical (unpaired) electrons. The van der Waals surface area contributed by atoms with Crippen LogP contribution in [0.1, 0.15) is 6.42 Å². The largest absolute Gasteiger partial charge is 0.274 e. The van der Waals surface area contributed by atoms with Gasteiger partial charge in [-0.25, -0.2) is 13.3 Å². The van der Waals surface area contributed by atoms with Gasteiger partial charge in [0.05, 0.1) is 17.0 Å². The van der Waals surface area contributed by atoms with Crippen molar-refractivity contribution in [3.8, 4) is 0 Å². The van der Waals surface area contributed by atoms with Crippen LogP contribution in [0, 0.1) is 0 Å². The molecule has 1 heterocycles. The monoisotopic (exact) mass is 393 g/mol. The predicted octanol–water partition coefficient (Wildman–Crippen LogP) is 2.55. The standard InChI is InChI=1S/C16H12BrNO4S/c17-11-6-8-13(9-7-11)23(21,22)14-10-15(19)18(16(14)20)12-4-2-1-3-5-12/h1-9,14H,10H2. The van der Waals surface area contributed by atoms with Crippen LogP contribution >= 0.6 is 15.9 Å². The fourth-order valence-electron chi connectivity index (χ4n) is 2.48. The van der Waals surface area contributed by atoms with Gasteiger partial charge in [-0.05, 0) is 36.4 Å². The molecular weight excluding hydrogens is 382 g/mol. The van der Waals surface area contributed by atoms with Crippen molar-refractivity contribution in [2.24, 2.45) is 0 Å². The molecule has 5 nitrogen and oxygen atoms in total. The maximum Gasteiger partial charge on any atom is 0.253 e. The Labute approximate surface area is 142 Å². The maximum atomic E-state index is 12.7. The number of anilines is 1. The van der Waals surface area contributed by atoms with E-state index in [1.54, 1.807) is 42.5 Å². The highest BCUT2D eigenvalue weighted by Crippen LogP contribution is 2.30. The number of sulfone groups is 1. The van der Waals surface area contributed by atoms with E-state index in [4.69, 9.17) is 0 Å². The highest BCUT2D eigenvalue weighted by molar-refractivity contribution is 9.10. The molecule has 0 N–H and O–H groups in total. The normalized spacial score (nSPS) is 18.5. The zero-order valence-corrected chi connectivity index (χ0v) is 14.2. The lowest BCUT2D eigenvalue weighted by atomic mass is 10.3. The van der Waals surface area contributed by atoms with E-state index in [-0.39, 0.29) is 11.3 Å². The van der Waals surface area contributed by atoms with Crippen LogP contribution < -0.4 is 4.90 Å². The molecule has 1 saturated heterocycles. The fourth-order valence-corrected chi connectivity index (χ4v) is 4.32. The Morgan fingerprint density at radius 2 is 1.57 bits per heavy atom. The van der Waals surface area contributed by atoms with Gasteiger partial charge in [0, 0.05) is 4.47 Å². The lowest BCUT2D eigenvalue weighted by Gasteiger charge is -2.15. The van der Waals surface area contributed by atoms with Gasteiger partial charge in [-0.15, -0.1) is 0 Å². The SMILES string of the molecule is O=C1CC(S(=O)(=O)c2ccc(Br)cc2)C(=O)N1c1ccccc1. The molecule has 1 unspecified atom stereocenters. The van der Waals surface area contributed by atoms with Crippen molar-refractivity contribution in [3.63, 3.8) is 0 Å². The molecule has 1 aliphatic rings. The molecule has 2 aromatic carbocycles. The molecule has 0 aliphatic carbocycles. The van der Waals surface area contributed by atoms with Gasteiger partial charge < -0.3 is 0 Å². The van der Waals surface area contributed by atoms with Crippen LogP contribution in [-0.4, -0.2) is 25.5 Å². The number of amides is 2. The lowest BCUT2D eigenvalue weighted by molar-refractivity contribution is -0.121. The average molecular weight is 394 g/mol. The third-order valence-corrected chi connectivity index (χ3v) is 6.21. The number of nitrogens with zero attached hydrogens (tertiary/aromatic N) is 1. The summed E-state index contributed by atoms with van der Waals surface area (Å²) in [4.78, 5) is 25.7. The Morgan fingerprint density at radius 1 is 0.957 bits per heavy atom. The molecule has 2 aromatic rings. The number of para-hydroxylation sites is 1. The van der Waals surface area contributed by atoms with E-state index < -0.39 is 26.9 Å². The summed E-state index contributed by atoms with van der Waals surface area (Å²) in [5.41, 5.74) is 0.385. The molecular formula is C16H12BrNO4S. The second kappa shape index (κ2) is 5.90. The number of hydrogen-bond acceptors (Lipinski definition) is 4. The first kappa shape index (κ1) is 15.9. The Morgan fingerprint density at radius 3 is 2.17 bits per heavy atom. The van der Waals surface area contributed by atoms with Gasteiger partial charge in [-0.3, -0.25) is 9.59 Å². The van der Waals surface area contributed by atoms with Crippen LogP contribution in [0.25, 0.3) is 0 Å². The number of benzene rings is 2. The van der Waals surface area contributed by atoms with E-state index in [0.29, 0.717) is 5.69 Å². The van der Waals surface area contributed by atoms with Crippen LogP contribution in [-0.2, 0) is 19.4 Å². The summed E-state index contributed by atoms with van der Waals surface area (Å²) in [6.07, 6.45) is -0.341. The fraction of sp³-hybridized carbons (Fsp3) is 0.125. The zero-order chi connectivity index (χ0) is 16.6. The summed E-state index contributed by atoms with van der Waals surface area (Å²) < 4.78 is 26.1. The smallest absolute Gasteiger partial charge is 0.253 e. The van der Waals surface area contributed by atoms with E-state index >= 15 is 0 Å². The Kier molecular flexibility index (Phi) is 4.08. The molecule has 0 spiro atoms. The van der Waals surface area contributed by atoms with Crippen molar-refractivity contribution in [1.82, 2.24) is 0 Å². The highest BCUT2D eigenvalue weighted by atomic mass is 79.9. The van der Waals surface area contributed by atoms with Crippen molar-refractivity contribution >= 4 is 43.3 Å². The summed E-state index contributed by atoms with van der Waals surface area (Å²) in [5.74, 6) is -1.21. The number of hydrogen-bond donors (Lipinski definition) is 0. The molecule has 2 amide bonds. The minimum atomic E-state index is -3.91. The van der Waals surface area contributed by atoms with E-state index in [1.807, 2.05) is 0 Å². The van der Waals surface area contributed by atoms with Gasteiger partial charge in [0.1, 0.15) is 0 Å². The molecule has 0 saturated carbocycles. The van der Waals surface area contributed by atoms with Crippen molar-refractivity contribution < 1.29 is 18.0 Å². The minimum Gasteiger partial charge on any atom is -0.274 e. The number of rotatable bonds is 3. The second-order valence-corrected chi connectivity index (χ2v) is 8.14. The first-order chi connectivity index (χ1) is 10.9. The summed E-state index contributed by atoms with van der Waals surface area (Å²) in [5, 5.41) is -1.38. The molecule has 3 rings (SSSR count). The molecule has 0 aromatic heterocycles. The van der Waals surface area contributed by atoms with Gasteiger partial charge in [-0.1, -0.05) is 34.1 Å². The maximum absolute atomic E-state index is 12.7. The topological polar surface area (TPSA) is 71.5 Å². The molecule has 1 aliphatic heterocycles. The van der Waals surface area contributed by atoms with Crippen LogP contribution in [0.15, 0.2) is 64.0 Å². The van der Waals surface area contributed by atoms with Crippen LogP contribution in [0.4, 0.5) is 5.69 Å². The van der Waals surface area contributed by atoms with Crippen molar-refractivity contribution in [1.29, 1.82) is 0 Å². The number of carbonyl (C=O) groups is 2. The molecule has 7 heteroatoms. The van der Waals surface area contributed by atoms with E-state index in [9.17, 15) is 18.0 Å². The van der Waals surface area contributed by atoms with Gasteiger partial charge in [0.15, 0.2) is 15.1 Å². The van der Waals surface area contributed by atoms with Crippen molar-refractivity contribution in [2.45, 2.75) is 16.6 Å². The van der Waals surface area contributed by atoms with Gasteiger partial charge in [-0.2, -0.15) is 0 Å². The van der Waals surface area contributed by atoms with Crippen LogP contribution in [0.3, 0.4) is 0 Å². The number of halogens is 1. The van der Waals surface area contributed by atoms with Crippen molar-refractivity contribution in [3.05, 3.63) is 59.1 Å².